The number of anilines is 2. The summed E-state index contributed by atoms with van der Waals surface area (Å²) in [5.41, 5.74) is 12.0. The average Bonchev–Trinajstić information content (AvgIpc) is 2.33. The molecule has 92 valence electrons. The van der Waals surface area contributed by atoms with Crippen molar-refractivity contribution in [3.05, 3.63) is 11.9 Å². The number of primary amides is 1. The van der Waals surface area contributed by atoms with Crippen LogP contribution < -0.4 is 16.4 Å². The number of nitrogens with zero attached hydrogens (tertiary/aromatic N) is 3. The zero-order valence-electron chi connectivity index (χ0n) is 9.89. The molecule has 6 heteroatoms. The topological polar surface area (TPSA) is 98.1 Å². The van der Waals surface area contributed by atoms with E-state index in [-0.39, 0.29) is 11.9 Å². The van der Waals surface area contributed by atoms with Crippen molar-refractivity contribution in [2.75, 3.05) is 17.2 Å². The van der Waals surface area contributed by atoms with Gasteiger partial charge in [0.2, 0.25) is 5.91 Å². The quantitative estimate of drug-likeness (QED) is 0.763. The molecule has 1 aromatic heterocycles. The van der Waals surface area contributed by atoms with Crippen LogP contribution in [0.3, 0.4) is 0 Å². The summed E-state index contributed by atoms with van der Waals surface area (Å²) in [4.78, 5) is 21.5. The van der Waals surface area contributed by atoms with Gasteiger partial charge in [0.1, 0.15) is 24.0 Å². The minimum atomic E-state index is -0.304. The Morgan fingerprint density at radius 2 is 2.24 bits per heavy atom. The first-order chi connectivity index (χ1) is 8.11. The summed E-state index contributed by atoms with van der Waals surface area (Å²) >= 11 is 0. The first-order valence-corrected chi connectivity index (χ1v) is 5.74. The Morgan fingerprint density at radius 3 is 2.94 bits per heavy atom. The zero-order valence-corrected chi connectivity index (χ0v) is 9.89. The van der Waals surface area contributed by atoms with Gasteiger partial charge in [0.25, 0.3) is 0 Å². The molecular weight excluding hydrogens is 218 g/mol. The molecule has 1 amide bonds. The van der Waals surface area contributed by atoms with Crippen LogP contribution in [0, 0.1) is 6.92 Å². The molecule has 0 radical (unpaired) electrons. The van der Waals surface area contributed by atoms with Gasteiger partial charge >= 0.3 is 0 Å². The number of hydrogen-bond donors (Lipinski definition) is 2. The molecule has 1 unspecified atom stereocenters. The Labute approximate surface area is 100 Å². The molecule has 0 aromatic carbocycles. The molecule has 0 spiro atoms. The molecule has 4 N–H and O–H groups in total. The molecule has 2 rings (SSSR count). The number of nitrogens with two attached hydrogens (primary N) is 2. The second-order valence-corrected chi connectivity index (χ2v) is 4.31. The monoisotopic (exact) mass is 235 g/mol. The molecule has 0 aliphatic carbocycles. The molecule has 6 nitrogen and oxygen atoms in total. The highest BCUT2D eigenvalue weighted by Crippen LogP contribution is 2.27. The zero-order chi connectivity index (χ0) is 12.4. The number of piperidine rings is 1. The fraction of sp³-hybridized carbons (Fsp3) is 0.545. The summed E-state index contributed by atoms with van der Waals surface area (Å²) in [6.45, 7) is 2.64. The number of carbonyl (C=O) groups excluding carboxylic acids is 1. The van der Waals surface area contributed by atoms with Crippen LogP contribution in [0.15, 0.2) is 6.33 Å². The maximum absolute atomic E-state index is 11.4. The van der Waals surface area contributed by atoms with E-state index in [9.17, 15) is 4.79 Å². The van der Waals surface area contributed by atoms with Crippen LogP contribution in [0.2, 0.25) is 0 Å². The van der Waals surface area contributed by atoms with Gasteiger partial charge in [-0.3, -0.25) is 4.79 Å². The highest BCUT2D eigenvalue weighted by atomic mass is 16.1. The second kappa shape index (κ2) is 4.57. The predicted octanol–water partition coefficient (Wildman–Crippen LogP) is 0.211. The van der Waals surface area contributed by atoms with Gasteiger partial charge in [-0.1, -0.05) is 0 Å². The normalized spacial score (nSPS) is 20.3. The lowest BCUT2D eigenvalue weighted by atomic mass is 10.0. The molecule has 0 bridgehead atoms. The summed E-state index contributed by atoms with van der Waals surface area (Å²) in [5.74, 6) is 0.867. The number of carbonyl (C=O) groups is 1. The van der Waals surface area contributed by atoms with Crippen LogP contribution in [-0.2, 0) is 4.79 Å². The van der Waals surface area contributed by atoms with Gasteiger partial charge in [-0.05, 0) is 26.2 Å². The smallest absolute Gasteiger partial charge is 0.240 e. The lowest BCUT2D eigenvalue weighted by molar-refractivity contribution is -0.119. The van der Waals surface area contributed by atoms with E-state index in [1.54, 1.807) is 0 Å². The molecule has 2 heterocycles. The van der Waals surface area contributed by atoms with Gasteiger partial charge < -0.3 is 16.4 Å². The van der Waals surface area contributed by atoms with E-state index >= 15 is 0 Å². The van der Waals surface area contributed by atoms with Crippen LogP contribution in [0.25, 0.3) is 0 Å². The molecule has 1 aromatic rings. The van der Waals surface area contributed by atoms with Gasteiger partial charge in [0.05, 0.1) is 0 Å². The molecule has 1 atom stereocenters. The Balaban J connectivity index is 2.36. The third kappa shape index (κ3) is 2.15. The van der Waals surface area contributed by atoms with E-state index in [0.29, 0.717) is 5.82 Å². The molecule has 17 heavy (non-hydrogen) atoms. The Hall–Kier alpha value is -1.85. The van der Waals surface area contributed by atoms with Crippen LogP contribution in [-0.4, -0.2) is 28.5 Å². The maximum atomic E-state index is 11.4. The van der Waals surface area contributed by atoms with E-state index in [0.717, 1.165) is 37.2 Å². The third-order valence-electron chi connectivity index (χ3n) is 3.20. The van der Waals surface area contributed by atoms with Gasteiger partial charge in [-0.25, -0.2) is 9.97 Å². The fourth-order valence-corrected chi connectivity index (χ4v) is 2.22. The summed E-state index contributed by atoms with van der Waals surface area (Å²) in [7, 11) is 0. The van der Waals surface area contributed by atoms with Crippen molar-refractivity contribution in [1.82, 2.24) is 9.97 Å². The number of amides is 1. The van der Waals surface area contributed by atoms with E-state index in [2.05, 4.69) is 9.97 Å². The average molecular weight is 235 g/mol. The predicted molar refractivity (Wildman–Crippen MR) is 65.4 cm³/mol. The van der Waals surface area contributed by atoms with Gasteiger partial charge in [0.15, 0.2) is 0 Å². The van der Waals surface area contributed by atoms with E-state index in [1.807, 2.05) is 11.8 Å². The minimum Gasteiger partial charge on any atom is -0.383 e. The third-order valence-corrected chi connectivity index (χ3v) is 3.20. The standard InChI is InChI=1S/C11H17N5O/c1-7-9(12)14-6-15-11(7)16-5-3-2-4-8(16)10(13)17/h6,8H,2-5H2,1H3,(H2,13,17)(H2,12,14,15). The van der Waals surface area contributed by atoms with E-state index in [4.69, 9.17) is 11.5 Å². The van der Waals surface area contributed by atoms with Crippen LogP contribution in [0.5, 0.6) is 0 Å². The molecule has 1 aliphatic heterocycles. The van der Waals surface area contributed by atoms with Crippen molar-refractivity contribution in [2.45, 2.75) is 32.2 Å². The lowest BCUT2D eigenvalue weighted by Gasteiger charge is -2.35. The van der Waals surface area contributed by atoms with Gasteiger partial charge in [0, 0.05) is 12.1 Å². The lowest BCUT2D eigenvalue weighted by Crippen LogP contribution is -2.48. The van der Waals surface area contributed by atoms with Gasteiger partial charge in [-0.15, -0.1) is 0 Å². The van der Waals surface area contributed by atoms with E-state index in [1.165, 1.54) is 6.33 Å². The van der Waals surface area contributed by atoms with Gasteiger partial charge in [-0.2, -0.15) is 0 Å². The van der Waals surface area contributed by atoms with E-state index < -0.39 is 0 Å². The molecular formula is C11H17N5O. The number of rotatable bonds is 2. The summed E-state index contributed by atoms with van der Waals surface area (Å²) < 4.78 is 0. The van der Waals surface area contributed by atoms with Crippen molar-refractivity contribution in [3.63, 3.8) is 0 Å². The number of aromatic nitrogens is 2. The van der Waals surface area contributed by atoms with Crippen molar-refractivity contribution in [3.8, 4) is 0 Å². The van der Waals surface area contributed by atoms with Crippen molar-refractivity contribution in [2.24, 2.45) is 5.73 Å². The number of hydrogen-bond acceptors (Lipinski definition) is 5. The maximum Gasteiger partial charge on any atom is 0.240 e. The molecule has 1 aliphatic rings. The fourth-order valence-electron chi connectivity index (χ4n) is 2.22. The van der Waals surface area contributed by atoms with Crippen LogP contribution >= 0.6 is 0 Å². The van der Waals surface area contributed by atoms with Crippen molar-refractivity contribution >= 4 is 17.5 Å². The largest absolute Gasteiger partial charge is 0.383 e. The van der Waals surface area contributed by atoms with Crippen molar-refractivity contribution < 1.29 is 4.79 Å². The first kappa shape index (κ1) is 11.6. The molecule has 0 saturated carbocycles. The molecule has 1 saturated heterocycles. The highest BCUT2D eigenvalue weighted by Gasteiger charge is 2.29. The Bertz CT molecular complexity index is 434. The van der Waals surface area contributed by atoms with Crippen LogP contribution in [0.4, 0.5) is 11.6 Å². The first-order valence-electron chi connectivity index (χ1n) is 5.74. The molecule has 1 fully saturated rings. The highest BCUT2D eigenvalue weighted by molar-refractivity contribution is 5.84. The summed E-state index contributed by atoms with van der Waals surface area (Å²) in [5, 5.41) is 0. The minimum absolute atomic E-state index is 0.281. The van der Waals surface area contributed by atoms with Crippen LogP contribution in [0.1, 0.15) is 24.8 Å². The second-order valence-electron chi connectivity index (χ2n) is 4.31. The Morgan fingerprint density at radius 1 is 1.47 bits per heavy atom. The summed E-state index contributed by atoms with van der Waals surface area (Å²) in [6, 6.07) is -0.281. The summed E-state index contributed by atoms with van der Waals surface area (Å²) in [6.07, 6.45) is 4.25. The Kier molecular flexibility index (Phi) is 3.12. The van der Waals surface area contributed by atoms with Crippen molar-refractivity contribution in [1.29, 1.82) is 0 Å². The number of nitrogen functional groups attached to an aromatic ring is 1. The SMILES string of the molecule is Cc1c(N)ncnc1N1CCCCC1C(N)=O.